The first-order chi connectivity index (χ1) is 16.5. The molecule has 1 fully saturated rings. The molecule has 1 saturated heterocycles. The number of carbonyl (C=O) groups is 1. The highest BCUT2D eigenvalue weighted by molar-refractivity contribution is 6.02. The van der Waals surface area contributed by atoms with Gasteiger partial charge < -0.3 is 19.9 Å². The lowest BCUT2D eigenvalue weighted by atomic mass is 9.94. The first kappa shape index (κ1) is 21.6. The van der Waals surface area contributed by atoms with Crippen molar-refractivity contribution in [2.24, 2.45) is 7.05 Å². The second-order valence-electron chi connectivity index (χ2n) is 8.49. The Kier molecular flexibility index (Phi) is 5.49. The van der Waals surface area contributed by atoms with Gasteiger partial charge in [-0.25, -0.2) is 15.0 Å². The van der Waals surface area contributed by atoms with Crippen LogP contribution in [-0.2, 0) is 11.8 Å². The van der Waals surface area contributed by atoms with Crippen LogP contribution >= 0.6 is 0 Å². The van der Waals surface area contributed by atoms with Crippen molar-refractivity contribution in [1.82, 2.24) is 24.4 Å². The summed E-state index contributed by atoms with van der Waals surface area (Å²) < 4.78 is 8.01. The van der Waals surface area contributed by atoms with Crippen LogP contribution in [0.2, 0.25) is 0 Å². The molecule has 8 heteroatoms. The molecule has 4 aromatic rings. The molecule has 4 heterocycles. The van der Waals surface area contributed by atoms with E-state index >= 15 is 0 Å². The molecule has 1 aromatic carbocycles. The van der Waals surface area contributed by atoms with E-state index < -0.39 is 0 Å². The normalized spacial score (nSPS) is 15.6. The van der Waals surface area contributed by atoms with Crippen LogP contribution in [0.4, 0.5) is 5.82 Å². The van der Waals surface area contributed by atoms with Gasteiger partial charge in [0.1, 0.15) is 23.5 Å². The minimum Gasteiger partial charge on any atom is -0.439 e. The van der Waals surface area contributed by atoms with Crippen molar-refractivity contribution in [3.8, 4) is 22.8 Å². The Morgan fingerprint density at radius 2 is 2.00 bits per heavy atom. The Bertz CT molecular complexity index is 1390. The Balaban J connectivity index is 1.57. The van der Waals surface area contributed by atoms with E-state index in [1.54, 1.807) is 0 Å². The van der Waals surface area contributed by atoms with Gasteiger partial charge in [0.2, 0.25) is 11.8 Å². The molecule has 0 bridgehead atoms. The monoisotopic (exact) mass is 454 g/mol. The number of benzene rings is 1. The lowest BCUT2D eigenvalue weighted by Gasteiger charge is -2.17. The van der Waals surface area contributed by atoms with Crippen LogP contribution in [0.5, 0.6) is 11.6 Å². The maximum Gasteiger partial charge on any atom is 0.245 e. The molecule has 1 amide bonds. The molecule has 172 valence electrons. The lowest BCUT2D eigenvalue weighted by Crippen LogP contribution is -2.26. The highest BCUT2D eigenvalue weighted by Gasteiger charge is 2.32. The van der Waals surface area contributed by atoms with Crippen molar-refractivity contribution < 1.29 is 9.53 Å². The van der Waals surface area contributed by atoms with Crippen molar-refractivity contribution in [3.05, 3.63) is 72.8 Å². The van der Waals surface area contributed by atoms with Gasteiger partial charge in [0.25, 0.3) is 0 Å². The van der Waals surface area contributed by atoms with E-state index in [0.717, 1.165) is 40.0 Å². The van der Waals surface area contributed by atoms with Crippen LogP contribution in [0.25, 0.3) is 22.2 Å². The van der Waals surface area contributed by atoms with E-state index in [4.69, 9.17) is 10.5 Å². The molecule has 1 aliphatic rings. The molecule has 5 rings (SSSR count). The fourth-order valence-corrected chi connectivity index (χ4v) is 4.76. The number of ether oxygens (including phenoxy) is 1. The van der Waals surface area contributed by atoms with Gasteiger partial charge in [0, 0.05) is 49.1 Å². The first-order valence-electron chi connectivity index (χ1n) is 11.2. The predicted molar refractivity (Wildman–Crippen MR) is 132 cm³/mol. The van der Waals surface area contributed by atoms with Crippen molar-refractivity contribution in [1.29, 1.82) is 0 Å². The van der Waals surface area contributed by atoms with Crippen molar-refractivity contribution in [3.63, 3.8) is 0 Å². The number of amides is 1. The summed E-state index contributed by atoms with van der Waals surface area (Å²) in [5.74, 6) is 1.77. The summed E-state index contributed by atoms with van der Waals surface area (Å²) in [6, 6.07) is 13.5. The number of nitrogen functional groups attached to an aromatic ring is 1. The van der Waals surface area contributed by atoms with Crippen molar-refractivity contribution in [2.45, 2.75) is 19.3 Å². The van der Waals surface area contributed by atoms with Crippen LogP contribution in [0.15, 0.2) is 61.4 Å². The Labute approximate surface area is 197 Å². The number of aromatic nitrogens is 4. The molecule has 34 heavy (non-hydrogen) atoms. The van der Waals surface area contributed by atoms with E-state index in [0.29, 0.717) is 30.5 Å². The Morgan fingerprint density at radius 1 is 1.21 bits per heavy atom. The largest absolute Gasteiger partial charge is 0.439 e. The van der Waals surface area contributed by atoms with Crippen molar-refractivity contribution in [2.75, 3.05) is 18.8 Å². The molecule has 0 saturated carbocycles. The third-order valence-electron chi connectivity index (χ3n) is 6.33. The van der Waals surface area contributed by atoms with Gasteiger partial charge in [0.15, 0.2) is 0 Å². The molecule has 1 atom stereocenters. The molecule has 3 aromatic heterocycles. The van der Waals surface area contributed by atoms with Gasteiger partial charge in [-0.2, -0.15) is 0 Å². The molecule has 2 N–H and O–H groups in total. The zero-order valence-electron chi connectivity index (χ0n) is 19.2. The molecule has 1 aliphatic heterocycles. The number of aryl methyl sites for hydroxylation is 2. The molecule has 0 aliphatic carbocycles. The average Bonchev–Trinajstić information content (AvgIpc) is 3.43. The van der Waals surface area contributed by atoms with E-state index in [1.807, 2.05) is 61.3 Å². The number of hydrogen-bond donors (Lipinski definition) is 1. The number of fused-ring (bicyclic) bond motifs is 1. The number of nitrogens with zero attached hydrogens (tertiary/aromatic N) is 5. The van der Waals surface area contributed by atoms with E-state index in [1.165, 1.54) is 12.4 Å². The van der Waals surface area contributed by atoms with Crippen LogP contribution in [-0.4, -0.2) is 43.4 Å². The summed E-state index contributed by atoms with van der Waals surface area (Å²) in [5, 5.41) is 0.822. The van der Waals surface area contributed by atoms with Crippen LogP contribution in [0, 0.1) is 6.92 Å². The summed E-state index contributed by atoms with van der Waals surface area (Å²) in [4.78, 5) is 27.2. The minimum atomic E-state index is -0.0478. The van der Waals surface area contributed by atoms with Crippen LogP contribution < -0.4 is 10.5 Å². The zero-order chi connectivity index (χ0) is 23.8. The number of hydrogen-bond acceptors (Lipinski definition) is 6. The number of likely N-dealkylation sites (tertiary alicyclic amines) is 1. The molecule has 8 nitrogen and oxygen atoms in total. The van der Waals surface area contributed by atoms with E-state index in [9.17, 15) is 4.79 Å². The maximum atomic E-state index is 12.2. The third-order valence-corrected chi connectivity index (χ3v) is 6.33. The number of nitrogens with two attached hydrogens (primary N) is 1. The quantitative estimate of drug-likeness (QED) is 0.454. The molecule has 0 radical (unpaired) electrons. The van der Waals surface area contributed by atoms with Gasteiger partial charge in [-0.3, -0.25) is 4.79 Å². The number of anilines is 1. The van der Waals surface area contributed by atoms with Gasteiger partial charge in [0.05, 0.1) is 5.39 Å². The summed E-state index contributed by atoms with van der Waals surface area (Å²) in [7, 11) is 1.99. The summed E-state index contributed by atoms with van der Waals surface area (Å²) in [6.45, 7) is 6.86. The minimum absolute atomic E-state index is 0.0478. The summed E-state index contributed by atoms with van der Waals surface area (Å²) in [6.07, 6.45) is 3.71. The van der Waals surface area contributed by atoms with E-state index in [-0.39, 0.29) is 11.8 Å². The van der Waals surface area contributed by atoms with Gasteiger partial charge in [-0.1, -0.05) is 24.8 Å². The average molecular weight is 455 g/mol. The SMILES string of the molecule is C=CC(=O)N1CCC(c2c(-c3ccc(Oc4cccc(C)n4)cc3)c3c(N)ncnc3n2C)C1. The van der Waals surface area contributed by atoms with Crippen LogP contribution in [0.3, 0.4) is 0 Å². The predicted octanol–water partition coefficient (Wildman–Crippen LogP) is 4.22. The molecular formula is C26H26N6O2. The topological polar surface area (TPSA) is 99.2 Å². The Morgan fingerprint density at radius 3 is 2.74 bits per heavy atom. The smallest absolute Gasteiger partial charge is 0.245 e. The highest BCUT2D eigenvalue weighted by Crippen LogP contribution is 2.42. The fourth-order valence-electron chi connectivity index (χ4n) is 4.76. The third kappa shape index (κ3) is 3.77. The standard InChI is InChI=1S/C26H26N6O2/c1-4-21(33)32-13-12-18(14-32)24-22(23-25(27)28-15-29-26(23)31(24)3)17-8-10-19(11-9-17)34-20-7-5-6-16(2)30-20/h4-11,15,18H,1,12-14H2,2-3H3,(H2,27,28,29). The Hall–Kier alpha value is -4.20. The molecule has 1 unspecified atom stereocenters. The molecular weight excluding hydrogens is 428 g/mol. The van der Waals surface area contributed by atoms with Gasteiger partial charge in [-0.05, 0) is 43.2 Å². The van der Waals surface area contributed by atoms with Crippen LogP contribution in [0.1, 0.15) is 23.7 Å². The number of carbonyl (C=O) groups excluding carboxylic acids is 1. The maximum absolute atomic E-state index is 12.2. The lowest BCUT2D eigenvalue weighted by molar-refractivity contribution is -0.125. The second kappa shape index (κ2) is 8.62. The van der Waals surface area contributed by atoms with Crippen molar-refractivity contribution >= 4 is 22.8 Å². The number of rotatable bonds is 5. The fraction of sp³-hybridized carbons (Fsp3) is 0.231. The van der Waals surface area contributed by atoms with E-state index in [2.05, 4.69) is 26.1 Å². The van der Waals surface area contributed by atoms with Gasteiger partial charge >= 0.3 is 0 Å². The summed E-state index contributed by atoms with van der Waals surface area (Å²) >= 11 is 0. The van der Waals surface area contributed by atoms with Gasteiger partial charge in [-0.15, -0.1) is 0 Å². The highest BCUT2D eigenvalue weighted by atomic mass is 16.5. The second-order valence-corrected chi connectivity index (χ2v) is 8.49. The molecule has 0 spiro atoms. The summed E-state index contributed by atoms with van der Waals surface area (Å²) in [5.41, 5.74) is 11.1. The number of pyridine rings is 1. The first-order valence-corrected chi connectivity index (χ1v) is 11.2. The zero-order valence-corrected chi connectivity index (χ0v) is 19.2.